The fraction of sp³-hybridized carbons (Fsp3) is 0.238. The molecule has 25 heavy (non-hydrogen) atoms. The standard InChI is InChI=1S/C21H20ClNO2/c1-12-10-14(3)17(11-13(12)2)18-19(21(25)20(18)24)23-9-8-15-4-6-16(22)7-5-15/h4-7,10-11,23H,8-9H2,1-3H3. The van der Waals surface area contributed by atoms with Crippen molar-refractivity contribution < 1.29 is 0 Å². The summed E-state index contributed by atoms with van der Waals surface area (Å²) >= 11 is 5.88. The number of anilines is 1. The van der Waals surface area contributed by atoms with E-state index in [4.69, 9.17) is 11.6 Å². The van der Waals surface area contributed by atoms with E-state index >= 15 is 0 Å². The van der Waals surface area contributed by atoms with E-state index in [0.717, 1.165) is 28.7 Å². The summed E-state index contributed by atoms with van der Waals surface area (Å²) in [5, 5.41) is 3.85. The summed E-state index contributed by atoms with van der Waals surface area (Å²) in [5.74, 6) is 0. The van der Waals surface area contributed by atoms with Gasteiger partial charge in [-0.1, -0.05) is 35.9 Å². The van der Waals surface area contributed by atoms with Crippen molar-refractivity contribution >= 4 is 17.3 Å². The molecule has 0 heterocycles. The third kappa shape index (κ3) is 3.38. The lowest BCUT2D eigenvalue weighted by atomic mass is 9.91. The molecule has 0 amide bonds. The summed E-state index contributed by atoms with van der Waals surface area (Å²) in [7, 11) is 0. The molecule has 0 aliphatic carbocycles. The van der Waals surface area contributed by atoms with Crippen molar-refractivity contribution in [2.24, 2.45) is 0 Å². The van der Waals surface area contributed by atoms with Gasteiger partial charge in [-0.3, -0.25) is 9.59 Å². The van der Waals surface area contributed by atoms with E-state index in [-0.39, 0.29) is 0 Å². The minimum absolute atomic E-state index is 0.402. The first kappa shape index (κ1) is 17.4. The normalized spacial score (nSPS) is 11.0. The maximum atomic E-state index is 12.1. The number of halogens is 1. The molecular weight excluding hydrogens is 334 g/mol. The van der Waals surface area contributed by atoms with Gasteiger partial charge in [0.05, 0.1) is 11.3 Å². The highest BCUT2D eigenvalue weighted by Crippen LogP contribution is 2.29. The Morgan fingerprint density at radius 3 is 2.20 bits per heavy atom. The highest BCUT2D eigenvalue weighted by atomic mass is 35.5. The number of rotatable bonds is 5. The van der Waals surface area contributed by atoms with Crippen molar-refractivity contribution in [3.05, 3.63) is 84.1 Å². The zero-order chi connectivity index (χ0) is 18.1. The Morgan fingerprint density at radius 2 is 1.52 bits per heavy atom. The third-order valence-electron chi connectivity index (χ3n) is 4.65. The van der Waals surface area contributed by atoms with E-state index in [1.807, 2.05) is 51.1 Å². The summed E-state index contributed by atoms with van der Waals surface area (Å²) < 4.78 is 0. The molecule has 4 heteroatoms. The van der Waals surface area contributed by atoms with Crippen LogP contribution in [0.2, 0.25) is 5.02 Å². The number of aryl methyl sites for hydroxylation is 3. The van der Waals surface area contributed by atoms with Gasteiger partial charge in [-0.15, -0.1) is 0 Å². The van der Waals surface area contributed by atoms with Crippen LogP contribution < -0.4 is 16.2 Å². The van der Waals surface area contributed by atoms with Crippen molar-refractivity contribution in [1.82, 2.24) is 0 Å². The molecule has 3 rings (SSSR count). The fourth-order valence-electron chi connectivity index (χ4n) is 3.03. The topological polar surface area (TPSA) is 46.2 Å². The minimum atomic E-state index is -0.427. The maximum Gasteiger partial charge on any atom is 0.250 e. The zero-order valence-electron chi connectivity index (χ0n) is 14.6. The first-order chi connectivity index (χ1) is 11.9. The summed E-state index contributed by atoms with van der Waals surface area (Å²) in [5.41, 5.74) is 5.39. The fourth-order valence-corrected chi connectivity index (χ4v) is 3.16. The molecule has 3 aromatic carbocycles. The predicted molar refractivity (Wildman–Crippen MR) is 105 cm³/mol. The Kier molecular flexibility index (Phi) is 4.78. The average Bonchev–Trinajstić information content (AvgIpc) is 2.59. The summed E-state index contributed by atoms with van der Waals surface area (Å²) in [6.45, 7) is 6.61. The lowest BCUT2D eigenvalue weighted by molar-refractivity contribution is 1.01. The molecule has 3 nitrogen and oxygen atoms in total. The molecule has 128 valence electrons. The molecule has 0 bridgehead atoms. The van der Waals surface area contributed by atoms with E-state index in [1.165, 1.54) is 5.56 Å². The predicted octanol–water partition coefficient (Wildman–Crippen LogP) is 4.18. The van der Waals surface area contributed by atoms with Crippen LogP contribution in [0, 0.1) is 20.8 Å². The molecule has 0 radical (unpaired) electrons. The number of hydrogen-bond donors (Lipinski definition) is 1. The smallest absolute Gasteiger partial charge is 0.250 e. The second-order valence-corrected chi connectivity index (χ2v) is 6.90. The van der Waals surface area contributed by atoms with Gasteiger partial charge in [0.25, 0.3) is 0 Å². The van der Waals surface area contributed by atoms with E-state index in [0.29, 0.717) is 22.8 Å². The highest BCUT2D eigenvalue weighted by molar-refractivity contribution is 6.30. The maximum absolute atomic E-state index is 12.1. The van der Waals surface area contributed by atoms with Crippen LogP contribution in [0.25, 0.3) is 11.1 Å². The number of benzene rings is 2. The van der Waals surface area contributed by atoms with Gasteiger partial charge >= 0.3 is 0 Å². The van der Waals surface area contributed by atoms with Gasteiger partial charge in [-0.25, -0.2) is 0 Å². The molecule has 0 spiro atoms. The van der Waals surface area contributed by atoms with Crippen molar-refractivity contribution in [1.29, 1.82) is 0 Å². The Bertz CT molecular complexity index is 996. The zero-order valence-corrected chi connectivity index (χ0v) is 15.3. The second kappa shape index (κ2) is 6.85. The minimum Gasteiger partial charge on any atom is -0.381 e. The van der Waals surface area contributed by atoms with Gasteiger partial charge in [0, 0.05) is 11.6 Å². The molecule has 0 saturated carbocycles. The molecule has 0 aromatic heterocycles. The van der Waals surface area contributed by atoms with Gasteiger partial charge < -0.3 is 5.32 Å². The van der Waals surface area contributed by atoms with E-state index < -0.39 is 10.9 Å². The molecule has 1 N–H and O–H groups in total. The second-order valence-electron chi connectivity index (χ2n) is 6.46. The summed E-state index contributed by atoms with van der Waals surface area (Å²) in [6.07, 6.45) is 0.751. The summed E-state index contributed by atoms with van der Waals surface area (Å²) in [4.78, 5) is 24.1. The van der Waals surface area contributed by atoms with Gasteiger partial charge in [0.1, 0.15) is 0 Å². The number of nitrogens with one attached hydrogen (secondary N) is 1. The lowest BCUT2D eigenvalue weighted by Gasteiger charge is -2.16. The lowest BCUT2D eigenvalue weighted by Crippen LogP contribution is -2.36. The largest absolute Gasteiger partial charge is 0.381 e. The average molecular weight is 354 g/mol. The number of hydrogen-bond acceptors (Lipinski definition) is 3. The van der Waals surface area contributed by atoms with Crippen molar-refractivity contribution in [2.45, 2.75) is 27.2 Å². The van der Waals surface area contributed by atoms with Gasteiger partial charge in [0.15, 0.2) is 0 Å². The van der Waals surface area contributed by atoms with Crippen molar-refractivity contribution in [3.8, 4) is 11.1 Å². The Morgan fingerprint density at radius 1 is 0.880 bits per heavy atom. The quantitative estimate of drug-likeness (QED) is 0.700. The Labute approximate surface area is 152 Å². The van der Waals surface area contributed by atoms with E-state index in [9.17, 15) is 9.59 Å². The first-order valence-corrected chi connectivity index (χ1v) is 8.66. The van der Waals surface area contributed by atoms with Crippen LogP contribution in [-0.4, -0.2) is 6.54 Å². The SMILES string of the molecule is Cc1cc(C)c(-c2c(NCCc3ccc(Cl)cc3)c(=O)c2=O)cc1C. The van der Waals surface area contributed by atoms with Crippen LogP contribution in [0.3, 0.4) is 0 Å². The molecule has 0 fully saturated rings. The van der Waals surface area contributed by atoms with E-state index in [2.05, 4.69) is 11.4 Å². The molecule has 3 aromatic rings. The highest BCUT2D eigenvalue weighted by Gasteiger charge is 2.23. The van der Waals surface area contributed by atoms with Crippen LogP contribution in [0.15, 0.2) is 46.0 Å². The summed E-state index contributed by atoms with van der Waals surface area (Å²) in [6, 6.07) is 11.7. The molecule has 0 aliphatic heterocycles. The first-order valence-electron chi connectivity index (χ1n) is 8.28. The van der Waals surface area contributed by atoms with Crippen molar-refractivity contribution in [2.75, 3.05) is 11.9 Å². The molecule has 0 saturated heterocycles. The van der Waals surface area contributed by atoms with Crippen LogP contribution in [0.4, 0.5) is 5.69 Å². The molecule has 0 atom stereocenters. The third-order valence-corrected chi connectivity index (χ3v) is 4.90. The van der Waals surface area contributed by atoms with Crippen LogP contribution in [-0.2, 0) is 6.42 Å². The Hall–Kier alpha value is -2.39. The van der Waals surface area contributed by atoms with Gasteiger partial charge in [-0.05, 0) is 67.1 Å². The molecular formula is C21H20ClNO2. The van der Waals surface area contributed by atoms with E-state index in [1.54, 1.807) is 0 Å². The monoisotopic (exact) mass is 353 g/mol. The van der Waals surface area contributed by atoms with Gasteiger partial charge in [-0.2, -0.15) is 0 Å². The molecule has 0 unspecified atom stereocenters. The van der Waals surface area contributed by atoms with Crippen LogP contribution in [0.1, 0.15) is 22.3 Å². The van der Waals surface area contributed by atoms with Crippen LogP contribution >= 0.6 is 11.6 Å². The molecule has 0 aliphatic rings. The van der Waals surface area contributed by atoms with Crippen LogP contribution in [0.5, 0.6) is 0 Å². The Balaban J connectivity index is 1.81. The van der Waals surface area contributed by atoms with Crippen molar-refractivity contribution in [3.63, 3.8) is 0 Å². The van der Waals surface area contributed by atoms with Gasteiger partial charge in [0.2, 0.25) is 10.9 Å².